The number of ether oxygens (including phenoxy) is 1. The van der Waals surface area contributed by atoms with E-state index in [4.69, 9.17) is 4.74 Å². The van der Waals surface area contributed by atoms with Crippen molar-refractivity contribution in [2.24, 2.45) is 0 Å². The van der Waals surface area contributed by atoms with Crippen molar-refractivity contribution >= 4 is 22.6 Å². The Bertz CT molecular complexity index is 76.0. The quantitative estimate of drug-likeness (QED) is 0.391. The van der Waals surface area contributed by atoms with E-state index in [0.29, 0.717) is 6.10 Å². The highest BCUT2D eigenvalue weighted by Gasteiger charge is 2.04. The van der Waals surface area contributed by atoms with Crippen molar-refractivity contribution in [3.63, 3.8) is 0 Å². The van der Waals surface area contributed by atoms with Gasteiger partial charge in [0.15, 0.2) is 0 Å². The Balaban J connectivity index is 3.20. The molecule has 1 atom stereocenters. The normalized spacial score (nSPS) is 13.4. The first-order chi connectivity index (χ1) is 5.35. The van der Waals surface area contributed by atoms with E-state index >= 15 is 0 Å². The molecule has 1 nitrogen and oxygen atoms in total. The molecule has 0 bridgehead atoms. The van der Waals surface area contributed by atoms with E-state index in [1.54, 1.807) is 0 Å². The van der Waals surface area contributed by atoms with Gasteiger partial charge in [0, 0.05) is 11.5 Å². The van der Waals surface area contributed by atoms with Crippen LogP contribution in [-0.4, -0.2) is 17.6 Å². The maximum Gasteiger partial charge on any atom is 0.0578 e. The van der Waals surface area contributed by atoms with Gasteiger partial charge in [0.05, 0.1) is 6.10 Å². The monoisotopic (exact) mass is 270 g/mol. The fraction of sp³-hybridized carbons (Fsp3) is 1.00. The Morgan fingerprint density at radius 1 is 1.27 bits per heavy atom. The highest BCUT2D eigenvalue weighted by Crippen LogP contribution is 2.10. The van der Waals surface area contributed by atoms with E-state index in [1.165, 1.54) is 36.5 Å². The molecule has 0 saturated carbocycles. The third-order valence-corrected chi connectivity index (χ3v) is 2.52. The minimum Gasteiger partial charge on any atom is -0.381 e. The van der Waals surface area contributed by atoms with Gasteiger partial charge in [0.1, 0.15) is 0 Å². The van der Waals surface area contributed by atoms with Gasteiger partial charge < -0.3 is 4.74 Å². The minimum atomic E-state index is 0.512. The third-order valence-electron chi connectivity index (χ3n) is 1.89. The predicted molar refractivity (Wildman–Crippen MR) is 58.4 cm³/mol. The van der Waals surface area contributed by atoms with E-state index in [1.807, 2.05) is 7.11 Å². The van der Waals surface area contributed by atoms with E-state index in [2.05, 4.69) is 29.5 Å². The summed E-state index contributed by atoms with van der Waals surface area (Å²) in [5, 5.41) is 0. The maximum atomic E-state index is 5.33. The molecule has 0 aliphatic carbocycles. The largest absolute Gasteiger partial charge is 0.381 e. The van der Waals surface area contributed by atoms with Crippen LogP contribution in [-0.2, 0) is 4.74 Å². The number of hydrogen-bond donors (Lipinski definition) is 0. The molecule has 0 aromatic carbocycles. The first-order valence-electron chi connectivity index (χ1n) is 4.43. The Morgan fingerprint density at radius 2 is 2.00 bits per heavy atom. The number of unbranched alkanes of at least 4 members (excludes halogenated alkanes) is 2. The van der Waals surface area contributed by atoms with Crippen LogP contribution in [0.1, 0.15) is 39.0 Å². The molecule has 0 aliphatic heterocycles. The molecule has 0 heterocycles. The van der Waals surface area contributed by atoms with Crippen LogP contribution >= 0.6 is 22.6 Å². The van der Waals surface area contributed by atoms with Crippen molar-refractivity contribution in [2.45, 2.75) is 45.1 Å². The zero-order chi connectivity index (χ0) is 8.53. The number of methoxy groups -OCH3 is 1. The Morgan fingerprint density at radius 3 is 2.45 bits per heavy atom. The zero-order valence-corrected chi connectivity index (χ0v) is 9.76. The summed E-state index contributed by atoms with van der Waals surface area (Å²) >= 11 is 2.41. The van der Waals surface area contributed by atoms with Crippen molar-refractivity contribution in [1.82, 2.24) is 0 Å². The summed E-state index contributed by atoms with van der Waals surface area (Å²) < 4.78 is 6.54. The van der Waals surface area contributed by atoms with Crippen molar-refractivity contribution in [1.29, 1.82) is 0 Å². The molecule has 11 heavy (non-hydrogen) atoms. The minimum absolute atomic E-state index is 0.512. The lowest BCUT2D eigenvalue weighted by molar-refractivity contribution is 0.0914. The van der Waals surface area contributed by atoms with Gasteiger partial charge in [-0.3, -0.25) is 0 Å². The summed E-state index contributed by atoms with van der Waals surface area (Å²) in [6.07, 6.45) is 6.94. The molecule has 0 N–H and O–H groups in total. The molecule has 0 aromatic rings. The highest BCUT2D eigenvalue weighted by atomic mass is 127. The van der Waals surface area contributed by atoms with E-state index in [0.717, 1.165) is 0 Å². The maximum absolute atomic E-state index is 5.33. The summed E-state index contributed by atoms with van der Waals surface area (Å²) in [7, 11) is 1.82. The van der Waals surface area contributed by atoms with Crippen LogP contribution in [0.25, 0.3) is 0 Å². The Labute approximate surface area is 84.0 Å². The summed E-state index contributed by atoms with van der Waals surface area (Å²) in [5.74, 6) is 0. The van der Waals surface area contributed by atoms with Crippen LogP contribution < -0.4 is 0 Å². The summed E-state index contributed by atoms with van der Waals surface area (Å²) in [6, 6.07) is 0. The van der Waals surface area contributed by atoms with Crippen LogP contribution in [0.2, 0.25) is 0 Å². The molecule has 0 radical (unpaired) electrons. The molecule has 2 heteroatoms. The molecule has 1 unspecified atom stereocenters. The average molecular weight is 270 g/mol. The van der Waals surface area contributed by atoms with Crippen LogP contribution in [0, 0.1) is 0 Å². The van der Waals surface area contributed by atoms with Gasteiger partial charge in [-0.1, -0.05) is 48.8 Å². The van der Waals surface area contributed by atoms with E-state index < -0.39 is 0 Å². The first kappa shape index (κ1) is 11.7. The number of hydrogen-bond acceptors (Lipinski definition) is 1. The fourth-order valence-electron chi connectivity index (χ4n) is 1.12. The summed E-state index contributed by atoms with van der Waals surface area (Å²) in [4.78, 5) is 0. The number of rotatable bonds is 7. The highest BCUT2D eigenvalue weighted by molar-refractivity contribution is 14.1. The second-order valence-electron chi connectivity index (χ2n) is 2.83. The van der Waals surface area contributed by atoms with Gasteiger partial charge >= 0.3 is 0 Å². The smallest absolute Gasteiger partial charge is 0.0578 e. The van der Waals surface area contributed by atoms with Crippen LogP contribution in [0.15, 0.2) is 0 Å². The van der Waals surface area contributed by atoms with Crippen LogP contribution in [0.3, 0.4) is 0 Å². The molecule has 0 fully saturated rings. The summed E-state index contributed by atoms with van der Waals surface area (Å²) in [5.41, 5.74) is 0. The molecule has 0 amide bonds. The van der Waals surface area contributed by atoms with Gasteiger partial charge in [0.25, 0.3) is 0 Å². The second kappa shape index (κ2) is 8.78. The van der Waals surface area contributed by atoms with Crippen molar-refractivity contribution in [3.8, 4) is 0 Å². The average Bonchev–Trinajstić information content (AvgIpc) is 2.03. The summed E-state index contributed by atoms with van der Waals surface area (Å²) in [6.45, 7) is 2.24. The molecule has 0 spiro atoms. The topological polar surface area (TPSA) is 9.23 Å². The molecule has 0 aliphatic rings. The molecule has 0 saturated heterocycles. The van der Waals surface area contributed by atoms with Crippen LogP contribution in [0.5, 0.6) is 0 Å². The van der Waals surface area contributed by atoms with Gasteiger partial charge in [-0.25, -0.2) is 0 Å². The zero-order valence-electron chi connectivity index (χ0n) is 7.61. The third kappa shape index (κ3) is 7.06. The van der Waals surface area contributed by atoms with Gasteiger partial charge in [0.2, 0.25) is 0 Å². The van der Waals surface area contributed by atoms with Crippen LogP contribution in [0.4, 0.5) is 0 Å². The van der Waals surface area contributed by atoms with Gasteiger partial charge in [-0.05, 0) is 12.8 Å². The lowest BCUT2D eigenvalue weighted by Crippen LogP contribution is -2.10. The fourth-order valence-corrected chi connectivity index (χ4v) is 1.82. The lowest BCUT2D eigenvalue weighted by Gasteiger charge is -2.12. The molecule has 0 aromatic heterocycles. The van der Waals surface area contributed by atoms with Gasteiger partial charge in [-0.15, -0.1) is 0 Å². The van der Waals surface area contributed by atoms with E-state index in [-0.39, 0.29) is 0 Å². The lowest BCUT2D eigenvalue weighted by atomic mass is 10.1. The first-order valence-corrected chi connectivity index (χ1v) is 5.96. The van der Waals surface area contributed by atoms with Crippen molar-refractivity contribution < 1.29 is 4.74 Å². The Hall–Kier alpha value is 0.690. The molecular weight excluding hydrogens is 251 g/mol. The molecule has 68 valence electrons. The van der Waals surface area contributed by atoms with Crippen molar-refractivity contribution in [2.75, 3.05) is 11.5 Å². The van der Waals surface area contributed by atoms with Crippen molar-refractivity contribution in [3.05, 3.63) is 0 Å². The van der Waals surface area contributed by atoms with Gasteiger partial charge in [-0.2, -0.15) is 0 Å². The number of halogens is 1. The number of alkyl halides is 1. The molecule has 0 rings (SSSR count). The molecular formula is C9H19IO. The SMILES string of the molecule is CCCCCC(CCI)OC. The standard InChI is InChI=1S/C9H19IO/c1-3-4-5-6-9(11-2)7-8-10/h9H,3-8H2,1-2H3. The van der Waals surface area contributed by atoms with E-state index in [9.17, 15) is 0 Å². The second-order valence-corrected chi connectivity index (χ2v) is 3.91. The predicted octanol–water partition coefficient (Wildman–Crippen LogP) is 3.41. The Kier molecular flexibility index (Phi) is 9.33.